The van der Waals surface area contributed by atoms with E-state index in [0.717, 1.165) is 5.56 Å². The molecule has 1 amide bonds. The molecule has 1 unspecified atom stereocenters. The van der Waals surface area contributed by atoms with E-state index in [9.17, 15) is 9.59 Å². The highest BCUT2D eigenvalue weighted by Crippen LogP contribution is 2.22. The Morgan fingerprint density at radius 3 is 2.81 bits per heavy atom. The first-order chi connectivity index (χ1) is 10.3. The summed E-state index contributed by atoms with van der Waals surface area (Å²) >= 11 is 0. The van der Waals surface area contributed by atoms with Gasteiger partial charge in [0.25, 0.3) is 5.91 Å². The Kier molecular flexibility index (Phi) is 3.83. The maximum atomic E-state index is 12.4. The van der Waals surface area contributed by atoms with Crippen LogP contribution in [0.5, 0.6) is 0 Å². The largest absolute Gasteiger partial charge is 0.370 e. The van der Waals surface area contributed by atoms with E-state index >= 15 is 0 Å². The molecule has 0 bridgehead atoms. The number of hydrogen-bond acceptors (Lipinski definition) is 3. The summed E-state index contributed by atoms with van der Waals surface area (Å²) in [5.74, 6) is -0.249. The monoisotopic (exact) mass is 284 g/mol. The molecular formula is C16H16N2O3. The van der Waals surface area contributed by atoms with Gasteiger partial charge in [-0.2, -0.15) is 0 Å². The molecule has 3 rings (SSSR count). The van der Waals surface area contributed by atoms with Crippen molar-refractivity contribution in [1.82, 2.24) is 9.88 Å². The van der Waals surface area contributed by atoms with Gasteiger partial charge in [0.05, 0.1) is 13.2 Å². The van der Waals surface area contributed by atoms with E-state index in [1.165, 1.54) is 18.5 Å². The number of amides is 1. The molecule has 2 aromatic rings. The Labute approximate surface area is 122 Å². The third kappa shape index (κ3) is 2.87. The molecule has 1 fully saturated rings. The molecule has 5 heteroatoms. The summed E-state index contributed by atoms with van der Waals surface area (Å²) in [6, 6.07) is 11.2. The van der Waals surface area contributed by atoms with Crippen LogP contribution in [0.2, 0.25) is 0 Å². The number of nitrogens with zero attached hydrogens (tertiary/aromatic N) is 1. The van der Waals surface area contributed by atoms with Crippen molar-refractivity contribution < 1.29 is 9.53 Å². The van der Waals surface area contributed by atoms with Gasteiger partial charge in [-0.1, -0.05) is 30.3 Å². The summed E-state index contributed by atoms with van der Waals surface area (Å²) in [5, 5.41) is 0. The lowest BCUT2D eigenvalue weighted by Gasteiger charge is -2.33. The van der Waals surface area contributed by atoms with Gasteiger partial charge >= 0.3 is 0 Å². The first-order valence-corrected chi connectivity index (χ1v) is 6.88. The Balaban J connectivity index is 1.79. The molecule has 1 aliphatic heterocycles. The molecule has 0 radical (unpaired) electrons. The van der Waals surface area contributed by atoms with Gasteiger partial charge in [0.2, 0.25) is 0 Å². The predicted octanol–water partition coefficient (Wildman–Crippen LogP) is 1.59. The third-order valence-electron chi connectivity index (χ3n) is 3.58. The number of H-pyrrole nitrogens is 1. The Hall–Kier alpha value is -2.40. The highest BCUT2D eigenvalue weighted by molar-refractivity contribution is 5.93. The van der Waals surface area contributed by atoms with Crippen molar-refractivity contribution in [1.29, 1.82) is 0 Å². The Morgan fingerprint density at radius 1 is 1.24 bits per heavy atom. The third-order valence-corrected chi connectivity index (χ3v) is 3.58. The molecule has 2 heterocycles. The van der Waals surface area contributed by atoms with Gasteiger partial charge in [-0.3, -0.25) is 9.59 Å². The Bertz CT molecular complexity index is 681. The molecule has 1 aliphatic rings. The minimum absolute atomic E-state index is 0.147. The van der Waals surface area contributed by atoms with Crippen molar-refractivity contribution in [2.45, 2.75) is 6.10 Å². The quantitative estimate of drug-likeness (QED) is 0.911. The lowest BCUT2D eigenvalue weighted by molar-refractivity contribution is -0.0228. The average molecular weight is 284 g/mol. The standard InChI is InChI=1S/C16H16N2O3/c19-14-6-7-17-10-13(14)16(20)18-8-9-21-15(11-18)12-4-2-1-3-5-12/h1-7,10,15H,8-9,11H2,(H,17,19). The van der Waals surface area contributed by atoms with E-state index in [-0.39, 0.29) is 23.0 Å². The van der Waals surface area contributed by atoms with E-state index in [4.69, 9.17) is 4.74 Å². The van der Waals surface area contributed by atoms with Crippen LogP contribution in [-0.4, -0.2) is 35.5 Å². The topological polar surface area (TPSA) is 62.4 Å². The second kappa shape index (κ2) is 5.93. The van der Waals surface area contributed by atoms with E-state index < -0.39 is 0 Å². The number of carbonyl (C=O) groups is 1. The first kappa shape index (κ1) is 13.6. The molecule has 0 saturated carbocycles. The lowest BCUT2D eigenvalue weighted by atomic mass is 10.1. The van der Waals surface area contributed by atoms with Crippen LogP contribution < -0.4 is 5.43 Å². The van der Waals surface area contributed by atoms with Crippen LogP contribution in [0, 0.1) is 0 Å². The van der Waals surface area contributed by atoms with Crippen LogP contribution in [0.1, 0.15) is 22.0 Å². The fourth-order valence-corrected chi connectivity index (χ4v) is 2.46. The first-order valence-electron chi connectivity index (χ1n) is 6.88. The molecule has 1 N–H and O–H groups in total. The molecule has 21 heavy (non-hydrogen) atoms. The number of rotatable bonds is 2. The number of benzene rings is 1. The van der Waals surface area contributed by atoms with E-state index in [0.29, 0.717) is 19.7 Å². The number of aromatic amines is 1. The van der Waals surface area contributed by atoms with Gasteiger partial charge in [0.1, 0.15) is 11.7 Å². The number of pyridine rings is 1. The summed E-state index contributed by atoms with van der Waals surface area (Å²) in [6.07, 6.45) is 2.83. The zero-order chi connectivity index (χ0) is 14.7. The fourth-order valence-electron chi connectivity index (χ4n) is 2.46. The summed E-state index contributed by atoms with van der Waals surface area (Å²) in [5.41, 5.74) is 0.949. The van der Waals surface area contributed by atoms with Crippen molar-refractivity contribution in [3.8, 4) is 0 Å². The smallest absolute Gasteiger partial charge is 0.259 e. The zero-order valence-electron chi connectivity index (χ0n) is 11.5. The summed E-state index contributed by atoms with van der Waals surface area (Å²) < 4.78 is 5.73. The van der Waals surface area contributed by atoms with Crippen molar-refractivity contribution in [3.05, 3.63) is 70.1 Å². The van der Waals surface area contributed by atoms with Crippen molar-refractivity contribution in [2.24, 2.45) is 0 Å². The van der Waals surface area contributed by atoms with E-state index in [1.54, 1.807) is 4.90 Å². The van der Waals surface area contributed by atoms with Crippen molar-refractivity contribution in [3.63, 3.8) is 0 Å². The summed E-state index contributed by atoms with van der Waals surface area (Å²) in [7, 11) is 0. The van der Waals surface area contributed by atoms with Gasteiger partial charge < -0.3 is 14.6 Å². The minimum atomic E-state index is -0.262. The maximum absolute atomic E-state index is 12.4. The fraction of sp³-hybridized carbons (Fsp3) is 0.250. The van der Waals surface area contributed by atoms with E-state index in [2.05, 4.69) is 4.98 Å². The van der Waals surface area contributed by atoms with Crippen LogP contribution in [-0.2, 0) is 4.74 Å². The number of carbonyl (C=O) groups excluding carboxylic acids is 1. The van der Waals surface area contributed by atoms with Gasteiger partial charge in [-0.05, 0) is 5.56 Å². The number of hydrogen-bond donors (Lipinski definition) is 1. The van der Waals surface area contributed by atoms with Crippen molar-refractivity contribution in [2.75, 3.05) is 19.7 Å². The highest BCUT2D eigenvalue weighted by Gasteiger charge is 2.27. The lowest BCUT2D eigenvalue weighted by Crippen LogP contribution is -2.43. The normalized spacial score (nSPS) is 18.5. The predicted molar refractivity (Wildman–Crippen MR) is 78.1 cm³/mol. The summed E-state index contributed by atoms with van der Waals surface area (Å²) in [6.45, 7) is 1.42. The van der Waals surface area contributed by atoms with Crippen LogP contribution in [0.3, 0.4) is 0 Å². The van der Waals surface area contributed by atoms with Gasteiger partial charge in [-0.25, -0.2) is 0 Å². The van der Waals surface area contributed by atoms with Crippen LogP contribution in [0.4, 0.5) is 0 Å². The van der Waals surface area contributed by atoms with Crippen molar-refractivity contribution >= 4 is 5.91 Å². The summed E-state index contributed by atoms with van der Waals surface area (Å²) in [4.78, 5) is 28.7. The maximum Gasteiger partial charge on any atom is 0.259 e. The Morgan fingerprint density at radius 2 is 2.05 bits per heavy atom. The number of ether oxygens (including phenoxy) is 1. The zero-order valence-corrected chi connectivity index (χ0v) is 11.5. The van der Waals surface area contributed by atoms with Crippen LogP contribution >= 0.6 is 0 Å². The number of nitrogens with one attached hydrogen (secondary N) is 1. The molecule has 1 aromatic carbocycles. The minimum Gasteiger partial charge on any atom is -0.370 e. The molecule has 0 aliphatic carbocycles. The molecule has 1 saturated heterocycles. The van der Waals surface area contributed by atoms with E-state index in [1.807, 2.05) is 30.3 Å². The van der Waals surface area contributed by atoms with Crippen LogP contribution in [0.15, 0.2) is 53.6 Å². The number of morpholine rings is 1. The van der Waals surface area contributed by atoms with Gasteiger partial charge in [-0.15, -0.1) is 0 Å². The second-order valence-corrected chi connectivity index (χ2v) is 4.94. The highest BCUT2D eigenvalue weighted by atomic mass is 16.5. The SMILES string of the molecule is O=C(c1c[nH]ccc1=O)N1CCOC(c2ccccc2)C1. The van der Waals surface area contributed by atoms with Crippen LogP contribution in [0.25, 0.3) is 0 Å². The molecule has 5 nitrogen and oxygen atoms in total. The molecule has 1 aromatic heterocycles. The molecule has 0 spiro atoms. The van der Waals surface area contributed by atoms with Gasteiger partial charge in [0.15, 0.2) is 5.43 Å². The average Bonchev–Trinajstić information content (AvgIpc) is 2.56. The molecule has 108 valence electrons. The molecular weight excluding hydrogens is 268 g/mol. The number of aromatic nitrogens is 1. The van der Waals surface area contributed by atoms with Gasteiger partial charge in [0, 0.05) is 25.0 Å². The second-order valence-electron chi connectivity index (χ2n) is 4.94. The molecule has 1 atom stereocenters.